The highest BCUT2D eigenvalue weighted by Gasteiger charge is 1.78. The molecule has 7 heavy (non-hydrogen) atoms. The summed E-state index contributed by atoms with van der Waals surface area (Å²) in [6.07, 6.45) is 3.23. The van der Waals surface area contributed by atoms with Crippen LogP contribution in [0.1, 0.15) is 6.92 Å². The number of allylic oxidation sites excluding steroid dienone is 3. The maximum absolute atomic E-state index is 11.5. The summed E-state index contributed by atoms with van der Waals surface area (Å²) in [7, 11) is 0. The zero-order chi connectivity index (χ0) is 5.70. The van der Waals surface area contributed by atoms with Crippen LogP contribution in [0.5, 0.6) is 0 Å². The van der Waals surface area contributed by atoms with Crippen LogP contribution in [0.3, 0.4) is 0 Å². The summed E-state index contributed by atoms with van der Waals surface area (Å²) in [5.74, 6) is 0. The second-order valence-electron chi connectivity index (χ2n) is 1.38. The Hall–Kier alpha value is -0.590. The van der Waals surface area contributed by atoms with Crippen molar-refractivity contribution >= 4 is 0 Å². The molecular formula is C6H9F. The summed E-state index contributed by atoms with van der Waals surface area (Å²) in [4.78, 5) is 0. The van der Waals surface area contributed by atoms with E-state index >= 15 is 0 Å². The molecule has 0 rings (SSSR count). The minimum Gasteiger partial charge on any atom is -0.246 e. The molecule has 0 nitrogen and oxygen atoms in total. The van der Waals surface area contributed by atoms with E-state index in [-0.39, 0.29) is 6.67 Å². The van der Waals surface area contributed by atoms with Crippen molar-refractivity contribution in [2.75, 3.05) is 6.67 Å². The standard InChI is InChI=1S/C6H9F/c1-3-4-6(2)5-7/h3-4H,1,5H2,2H3/b6-4+. The van der Waals surface area contributed by atoms with Gasteiger partial charge in [0.15, 0.2) is 0 Å². The van der Waals surface area contributed by atoms with E-state index < -0.39 is 0 Å². The Morgan fingerprint density at radius 2 is 2.43 bits per heavy atom. The third kappa shape index (κ3) is 3.23. The van der Waals surface area contributed by atoms with Crippen molar-refractivity contribution in [1.82, 2.24) is 0 Å². The molecule has 0 spiro atoms. The molecule has 0 aromatic heterocycles. The van der Waals surface area contributed by atoms with E-state index in [1.165, 1.54) is 0 Å². The number of alkyl halides is 1. The van der Waals surface area contributed by atoms with Gasteiger partial charge in [0.2, 0.25) is 0 Å². The summed E-state index contributed by atoms with van der Waals surface area (Å²) < 4.78 is 11.5. The SMILES string of the molecule is C=C/C=C(\C)CF. The van der Waals surface area contributed by atoms with Crippen molar-refractivity contribution in [3.63, 3.8) is 0 Å². The molecule has 0 fully saturated rings. The van der Waals surface area contributed by atoms with Crippen molar-refractivity contribution in [3.05, 3.63) is 24.3 Å². The van der Waals surface area contributed by atoms with Crippen molar-refractivity contribution in [2.24, 2.45) is 0 Å². The largest absolute Gasteiger partial charge is 0.246 e. The van der Waals surface area contributed by atoms with Gasteiger partial charge in [-0.15, -0.1) is 0 Å². The molecule has 0 heterocycles. The molecule has 0 N–H and O–H groups in total. The average Bonchev–Trinajstić information content (AvgIpc) is 1.68. The molecule has 0 atom stereocenters. The van der Waals surface area contributed by atoms with Gasteiger partial charge < -0.3 is 0 Å². The van der Waals surface area contributed by atoms with E-state index in [1.807, 2.05) is 0 Å². The number of rotatable bonds is 2. The van der Waals surface area contributed by atoms with Crippen molar-refractivity contribution in [3.8, 4) is 0 Å². The minimum atomic E-state index is -0.369. The quantitative estimate of drug-likeness (QED) is 0.466. The van der Waals surface area contributed by atoms with Gasteiger partial charge in [-0.1, -0.05) is 18.7 Å². The van der Waals surface area contributed by atoms with E-state index in [0.29, 0.717) is 0 Å². The van der Waals surface area contributed by atoms with E-state index in [4.69, 9.17) is 0 Å². The van der Waals surface area contributed by atoms with Crippen LogP contribution in [-0.4, -0.2) is 6.67 Å². The summed E-state index contributed by atoms with van der Waals surface area (Å²) in [6, 6.07) is 0. The molecule has 0 saturated heterocycles. The van der Waals surface area contributed by atoms with Gasteiger partial charge in [-0.3, -0.25) is 0 Å². The lowest BCUT2D eigenvalue weighted by atomic mass is 10.3. The normalized spacial score (nSPS) is 11.4. The van der Waals surface area contributed by atoms with Gasteiger partial charge in [0.05, 0.1) is 0 Å². The number of halogens is 1. The van der Waals surface area contributed by atoms with E-state index in [1.54, 1.807) is 19.1 Å². The van der Waals surface area contributed by atoms with Crippen LogP contribution in [0.4, 0.5) is 4.39 Å². The fourth-order valence-electron chi connectivity index (χ4n) is 0.246. The average molecular weight is 100 g/mol. The first-order chi connectivity index (χ1) is 3.31. The molecule has 0 saturated carbocycles. The summed E-state index contributed by atoms with van der Waals surface area (Å²) in [5, 5.41) is 0. The maximum Gasteiger partial charge on any atom is 0.111 e. The van der Waals surface area contributed by atoms with Crippen LogP contribution in [0.15, 0.2) is 24.3 Å². The fraction of sp³-hybridized carbons (Fsp3) is 0.333. The molecule has 0 aromatic carbocycles. The summed E-state index contributed by atoms with van der Waals surface area (Å²) >= 11 is 0. The first-order valence-corrected chi connectivity index (χ1v) is 2.15. The highest BCUT2D eigenvalue weighted by Crippen LogP contribution is 1.90. The first kappa shape index (κ1) is 6.41. The number of hydrogen-bond acceptors (Lipinski definition) is 0. The molecule has 0 amide bonds. The Morgan fingerprint density at radius 3 is 2.57 bits per heavy atom. The van der Waals surface area contributed by atoms with E-state index in [0.717, 1.165) is 5.57 Å². The number of hydrogen-bond donors (Lipinski definition) is 0. The summed E-state index contributed by atoms with van der Waals surface area (Å²) in [5.41, 5.74) is 0.718. The molecule has 0 unspecified atom stereocenters. The van der Waals surface area contributed by atoms with Crippen molar-refractivity contribution in [2.45, 2.75) is 6.92 Å². The van der Waals surface area contributed by atoms with Crippen LogP contribution in [-0.2, 0) is 0 Å². The Labute approximate surface area is 43.4 Å². The Bertz CT molecular complexity index is 82.2. The molecule has 0 aliphatic heterocycles. The van der Waals surface area contributed by atoms with Crippen molar-refractivity contribution in [1.29, 1.82) is 0 Å². The fourth-order valence-corrected chi connectivity index (χ4v) is 0.246. The molecule has 0 radical (unpaired) electrons. The second-order valence-corrected chi connectivity index (χ2v) is 1.38. The predicted molar refractivity (Wildman–Crippen MR) is 29.9 cm³/mol. The minimum absolute atomic E-state index is 0.369. The molecule has 0 aliphatic carbocycles. The van der Waals surface area contributed by atoms with Gasteiger partial charge in [0, 0.05) is 0 Å². The third-order valence-corrected chi connectivity index (χ3v) is 0.613. The van der Waals surface area contributed by atoms with Gasteiger partial charge in [-0.2, -0.15) is 0 Å². The zero-order valence-electron chi connectivity index (χ0n) is 4.45. The predicted octanol–water partition coefficient (Wildman–Crippen LogP) is 2.09. The molecule has 0 aliphatic rings. The zero-order valence-corrected chi connectivity index (χ0v) is 4.45. The highest BCUT2D eigenvalue weighted by atomic mass is 19.1. The van der Waals surface area contributed by atoms with E-state index in [2.05, 4.69) is 6.58 Å². The molecule has 0 aromatic rings. The van der Waals surface area contributed by atoms with Gasteiger partial charge in [0.25, 0.3) is 0 Å². The van der Waals surface area contributed by atoms with Gasteiger partial charge in [-0.25, -0.2) is 4.39 Å². The van der Waals surface area contributed by atoms with Crippen LogP contribution in [0.2, 0.25) is 0 Å². The Balaban J connectivity index is 3.49. The smallest absolute Gasteiger partial charge is 0.111 e. The first-order valence-electron chi connectivity index (χ1n) is 2.15. The lowest BCUT2D eigenvalue weighted by molar-refractivity contribution is 0.543. The maximum atomic E-state index is 11.5. The highest BCUT2D eigenvalue weighted by molar-refractivity contribution is 5.07. The van der Waals surface area contributed by atoms with Gasteiger partial charge >= 0.3 is 0 Å². The lowest BCUT2D eigenvalue weighted by Crippen LogP contribution is -1.72. The summed E-state index contributed by atoms with van der Waals surface area (Å²) in [6.45, 7) is 4.76. The second kappa shape index (κ2) is 3.59. The van der Waals surface area contributed by atoms with Gasteiger partial charge in [-0.05, 0) is 12.5 Å². The van der Waals surface area contributed by atoms with Crippen molar-refractivity contribution < 1.29 is 4.39 Å². The third-order valence-electron chi connectivity index (χ3n) is 0.613. The lowest BCUT2D eigenvalue weighted by Gasteiger charge is -1.83. The molecule has 1 heteroatoms. The van der Waals surface area contributed by atoms with Gasteiger partial charge in [0.1, 0.15) is 6.67 Å². The van der Waals surface area contributed by atoms with E-state index in [9.17, 15) is 4.39 Å². The van der Waals surface area contributed by atoms with Crippen LogP contribution >= 0.6 is 0 Å². The topological polar surface area (TPSA) is 0 Å². The van der Waals surface area contributed by atoms with Crippen LogP contribution < -0.4 is 0 Å². The molecule has 40 valence electrons. The Kier molecular flexibility index (Phi) is 3.29. The Morgan fingerprint density at radius 1 is 1.86 bits per heavy atom. The van der Waals surface area contributed by atoms with Crippen LogP contribution in [0, 0.1) is 0 Å². The molecular weight excluding hydrogens is 91.1 g/mol. The monoisotopic (exact) mass is 100 g/mol. The molecule has 0 bridgehead atoms. The van der Waals surface area contributed by atoms with Crippen LogP contribution in [0.25, 0.3) is 0 Å².